The first-order chi connectivity index (χ1) is 4.57. The van der Waals surface area contributed by atoms with Gasteiger partial charge in [0.25, 0.3) is 0 Å². The predicted molar refractivity (Wildman–Crippen MR) is 47.3 cm³/mol. The van der Waals surface area contributed by atoms with Gasteiger partial charge in [-0.1, -0.05) is 11.8 Å². The van der Waals surface area contributed by atoms with Crippen molar-refractivity contribution in [3.8, 4) is 0 Å². The van der Waals surface area contributed by atoms with E-state index in [4.69, 9.17) is 17.0 Å². The summed E-state index contributed by atoms with van der Waals surface area (Å²) in [6, 6.07) is 0. The van der Waals surface area contributed by atoms with E-state index in [9.17, 15) is 4.79 Å². The summed E-state index contributed by atoms with van der Waals surface area (Å²) in [5.74, 6) is 0.115. The first kappa shape index (κ1) is 9.91. The van der Waals surface area contributed by atoms with E-state index in [0.717, 1.165) is 0 Å². The van der Waals surface area contributed by atoms with Crippen molar-refractivity contribution in [1.29, 1.82) is 0 Å². The Balaban J connectivity index is 3.68. The normalized spacial score (nSPS) is 12.3. The van der Waals surface area contributed by atoms with Crippen LogP contribution in [0.15, 0.2) is 0 Å². The first-order valence-corrected chi connectivity index (χ1v) is 4.11. The van der Waals surface area contributed by atoms with Crippen molar-refractivity contribution < 1.29 is 9.53 Å². The monoisotopic (exact) mass is 178 g/mol. The molecule has 0 aromatic rings. The second-order valence-corrected chi connectivity index (χ2v) is 3.77. The van der Waals surface area contributed by atoms with Crippen LogP contribution in [0.4, 0.5) is 0 Å². The quantitative estimate of drug-likeness (QED) is 0.600. The number of ether oxygens (including phenoxy) is 1. The highest BCUT2D eigenvalue weighted by atomic mass is 32.2. The number of thiocarbonyl (C=S) groups is 1. The van der Waals surface area contributed by atoms with Crippen molar-refractivity contribution >= 4 is 34.1 Å². The van der Waals surface area contributed by atoms with E-state index in [-0.39, 0.29) is 11.0 Å². The summed E-state index contributed by atoms with van der Waals surface area (Å²) in [5, 5.41) is -0.0903. The fourth-order valence-corrected chi connectivity index (χ4v) is 1.26. The van der Waals surface area contributed by atoms with Gasteiger partial charge in [-0.05, 0) is 26.1 Å². The van der Waals surface area contributed by atoms with Gasteiger partial charge in [-0.15, -0.1) is 0 Å². The largest absolute Gasteiger partial charge is 0.482 e. The van der Waals surface area contributed by atoms with Crippen LogP contribution in [0.2, 0.25) is 0 Å². The van der Waals surface area contributed by atoms with Gasteiger partial charge in [-0.25, -0.2) is 0 Å². The molecule has 0 aliphatic rings. The number of thioether (sulfide) groups is 1. The molecule has 0 fully saturated rings. The molecule has 0 amide bonds. The molecule has 0 saturated carbocycles. The standard InChI is InChI=1S/C6H10O2S2/c1-4(7)5(2)10-6(9)8-3/h5H,1-3H3. The van der Waals surface area contributed by atoms with Crippen molar-refractivity contribution in [3.05, 3.63) is 0 Å². The summed E-state index contributed by atoms with van der Waals surface area (Å²) in [5.41, 5.74) is 0. The molecule has 2 nitrogen and oxygen atoms in total. The van der Waals surface area contributed by atoms with Crippen LogP contribution in [-0.2, 0) is 9.53 Å². The lowest BCUT2D eigenvalue weighted by atomic mass is 10.3. The molecular weight excluding hydrogens is 168 g/mol. The molecule has 0 aromatic heterocycles. The van der Waals surface area contributed by atoms with Gasteiger partial charge in [-0.2, -0.15) is 0 Å². The Hall–Kier alpha value is -0.0900. The summed E-state index contributed by atoms with van der Waals surface area (Å²) in [7, 11) is 1.50. The highest BCUT2D eigenvalue weighted by molar-refractivity contribution is 8.23. The van der Waals surface area contributed by atoms with E-state index in [2.05, 4.69) is 0 Å². The van der Waals surface area contributed by atoms with E-state index in [1.54, 1.807) is 6.92 Å². The maximum atomic E-state index is 10.7. The van der Waals surface area contributed by atoms with Crippen LogP contribution >= 0.6 is 24.0 Å². The van der Waals surface area contributed by atoms with Gasteiger partial charge < -0.3 is 4.74 Å². The topological polar surface area (TPSA) is 26.3 Å². The molecule has 0 aromatic carbocycles. The molecule has 0 rings (SSSR count). The van der Waals surface area contributed by atoms with E-state index in [0.29, 0.717) is 4.38 Å². The Kier molecular flexibility index (Phi) is 4.64. The van der Waals surface area contributed by atoms with E-state index >= 15 is 0 Å². The molecule has 0 spiro atoms. The van der Waals surface area contributed by atoms with E-state index < -0.39 is 0 Å². The molecule has 0 radical (unpaired) electrons. The van der Waals surface area contributed by atoms with Gasteiger partial charge in [0.05, 0.1) is 12.4 Å². The third-order valence-electron chi connectivity index (χ3n) is 1.01. The van der Waals surface area contributed by atoms with Crippen LogP contribution in [0.3, 0.4) is 0 Å². The Labute approximate surface area is 70.3 Å². The van der Waals surface area contributed by atoms with Gasteiger partial charge in [0.1, 0.15) is 5.78 Å². The zero-order valence-electron chi connectivity index (χ0n) is 6.21. The summed E-state index contributed by atoms with van der Waals surface area (Å²) in [4.78, 5) is 10.7. The number of hydrogen-bond donors (Lipinski definition) is 0. The lowest BCUT2D eigenvalue weighted by molar-refractivity contribution is -0.116. The molecule has 1 unspecified atom stereocenters. The summed E-state index contributed by atoms with van der Waals surface area (Å²) >= 11 is 6.01. The van der Waals surface area contributed by atoms with Gasteiger partial charge >= 0.3 is 0 Å². The van der Waals surface area contributed by atoms with Crippen molar-refractivity contribution in [2.24, 2.45) is 0 Å². The molecular formula is C6H10O2S2. The van der Waals surface area contributed by atoms with Crippen LogP contribution in [0.25, 0.3) is 0 Å². The number of Topliss-reactive ketones (excluding diaryl/α,β-unsaturated/α-hetero) is 1. The molecule has 0 N–H and O–H groups in total. The minimum absolute atomic E-state index is 0.0903. The molecule has 58 valence electrons. The Morgan fingerprint density at radius 1 is 1.70 bits per heavy atom. The SMILES string of the molecule is COC(=S)SC(C)C(C)=O. The minimum atomic E-state index is -0.0903. The smallest absolute Gasteiger partial charge is 0.220 e. The number of rotatable bonds is 2. The number of ketones is 1. The van der Waals surface area contributed by atoms with Crippen LogP contribution in [0.1, 0.15) is 13.8 Å². The van der Waals surface area contributed by atoms with E-state index in [1.165, 1.54) is 25.8 Å². The maximum absolute atomic E-state index is 10.7. The fraction of sp³-hybridized carbons (Fsp3) is 0.667. The van der Waals surface area contributed by atoms with Gasteiger partial charge in [-0.3, -0.25) is 4.79 Å². The zero-order valence-corrected chi connectivity index (χ0v) is 7.84. The van der Waals surface area contributed by atoms with Crippen molar-refractivity contribution in [2.75, 3.05) is 7.11 Å². The number of carbonyl (C=O) groups is 1. The van der Waals surface area contributed by atoms with Crippen LogP contribution < -0.4 is 0 Å². The molecule has 0 heterocycles. The van der Waals surface area contributed by atoms with Crippen LogP contribution in [0, 0.1) is 0 Å². The Morgan fingerprint density at radius 2 is 2.20 bits per heavy atom. The molecule has 10 heavy (non-hydrogen) atoms. The van der Waals surface area contributed by atoms with Crippen molar-refractivity contribution in [3.63, 3.8) is 0 Å². The summed E-state index contributed by atoms with van der Waals surface area (Å²) < 4.78 is 5.13. The fourth-order valence-electron chi connectivity index (χ4n) is 0.275. The number of methoxy groups -OCH3 is 1. The summed E-state index contributed by atoms with van der Waals surface area (Å²) in [6.07, 6.45) is 0. The van der Waals surface area contributed by atoms with Crippen LogP contribution in [0.5, 0.6) is 0 Å². The van der Waals surface area contributed by atoms with Gasteiger partial charge in [0.2, 0.25) is 4.38 Å². The van der Waals surface area contributed by atoms with Crippen LogP contribution in [-0.4, -0.2) is 22.5 Å². The minimum Gasteiger partial charge on any atom is -0.482 e. The van der Waals surface area contributed by atoms with E-state index in [1.807, 2.05) is 0 Å². The highest BCUT2D eigenvalue weighted by Gasteiger charge is 2.10. The average molecular weight is 178 g/mol. The molecule has 0 saturated heterocycles. The second-order valence-electron chi connectivity index (χ2n) is 1.82. The number of carbonyl (C=O) groups excluding carboxylic acids is 1. The predicted octanol–water partition coefficient (Wildman–Crippen LogP) is 1.63. The third kappa shape index (κ3) is 3.85. The second kappa shape index (κ2) is 4.68. The Morgan fingerprint density at radius 3 is 2.50 bits per heavy atom. The van der Waals surface area contributed by atoms with Gasteiger partial charge in [0, 0.05) is 0 Å². The molecule has 4 heteroatoms. The summed E-state index contributed by atoms with van der Waals surface area (Å²) in [6.45, 7) is 3.34. The van der Waals surface area contributed by atoms with Crippen molar-refractivity contribution in [2.45, 2.75) is 19.1 Å². The molecule has 1 atom stereocenters. The number of hydrogen-bond acceptors (Lipinski definition) is 4. The molecule has 0 bridgehead atoms. The lowest BCUT2D eigenvalue weighted by Crippen LogP contribution is -2.11. The maximum Gasteiger partial charge on any atom is 0.220 e. The van der Waals surface area contributed by atoms with Gasteiger partial charge in [0.15, 0.2) is 0 Å². The average Bonchev–Trinajstić information content (AvgIpc) is 1.87. The van der Waals surface area contributed by atoms with Crippen molar-refractivity contribution in [1.82, 2.24) is 0 Å². The molecule has 0 aliphatic carbocycles. The first-order valence-electron chi connectivity index (χ1n) is 2.83. The molecule has 0 aliphatic heterocycles. The zero-order chi connectivity index (χ0) is 8.15. The highest BCUT2D eigenvalue weighted by Crippen LogP contribution is 2.13. The third-order valence-corrected chi connectivity index (χ3v) is 2.51. The lowest BCUT2D eigenvalue weighted by Gasteiger charge is -2.05. The Bertz CT molecular complexity index is 145.